The van der Waals surface area contributed by atoms with E-state index in [1.165, 1.54) is 189 Å². The molecule has 0 N–H and O–H groups in total. The van der Waals surface area contributed by atoms with Gasteiger partial charge in [0.25, 0.3) is 0 Å². The molecular formula is C52H62N2. The van der Waals surface area contributed by atoms with Crippen molar-refractivity contribution in [2.45, 2.75) is 153 Å². The summed E-state index contributed by atoms with van der Waals surface area (Å²) in [6.45, 7) is 8.54. The third kappa shape index (κ3) is 6.77. The Bertz CT molecular complexity index is 2060. The first-order valence-corrected chi connectivity index (χ1v) is 22.1. The van der Waals surface area contributed by atoms with E-state index < -0.39 is 0 Å². The van der Waals surface area contributed by atoms with Gasteiger partial charge in [-0.25, -0.2) is 0 Å². The maximum atomic E-state index is 4.37. The van der Waals surface area contributed by atoms with Crippen molar-refractivity contribution < 1.29 is 0 Å². The summed E-state index contributed by atoms with van der Waals surface area (Å²) in [4.78, 5) is 5.88. The van der Waals surface area contributed by atoms with Gasteiger partial charge in [0, 0.05) is 35.5 Å². The standard InChI is InChI=1S/C52H62N2/c1-3-20-37(4-2)47-33-39-31-46(54(43-27-16-8-17-28-43)44-29-18-9-19-30-44)36-50-48(38-21-10-5-11-22-38)34-40-32-45(35-49(47)51(40)52(39)50)53(41-23-12-6-13-24-41)42-25-14-7-15-26-42/h3-5,10-11,20-22,31-36,41-44H,1-2,6-9,12-19,23-30H2/b37-20+. The molecule has 0 atom stereocenters. The topological polar surface area (TPSA) is 6.48 Å². The molecule has 54 heavy (non-hydrogen) atoms. The zero-order valence-corrected chi connectivity index (χ0v) is 32.8. The fourth-order valence-electron chi connectivity index (χ4n) is 11.6. The summed E-state index contributed by atoms with van der Waals surface area (Å²) in [5, 5.41) is 8.36. The minimum Gasteiger partial charge on any atom is -0.366 e. The molecule has 280 valence electrons. The zero-order valence-electron chi connectivity index (χ0n) is 32.8. The highest BCUT2D eigenvalue weighted by molar-refractivity contribution is 6.29. The molecule has 0 amide bonds. The lowest BCUT2D eigenvalue weighted by atomic mass is 9.83. The lowest BCUT2D eigenvalue weighted by molar-refractivity contribution is 0.340. The second-order valence-corrected chi connectivity index (χ2v) is 17.4. The number of anilines is 2. The van der Waals surface area contributed by atoms with Crippen molar-refractivity contribution in [1.82, 2.24) is 0 Å². The molecule has 5 aromatic rings. The summed E-state index contributed by atoms with van der Waals surface area (Å²) in [6.07, 6.45) is 33.2. The van der Waals surface area contributed by atoms with Gasteiger partial charge in [-0.2, -0.15) is 0 Å². The van der Waals surface area contributed by atoms with Crippen LogP contribution in [0.25, 0.3) is 49.0 Å². The predicted molar refractivity (Wildman–Crippen MR) is 236 cm³/mol. The minimum atomic E-state index is 0.628. The van der Waals surface area contributed by atoms with Crippen LogP contribution < -0.4 is 9.80 Å². The van der Waals surface area contributed by atoms with Crippen molar-refractivity contribution >= 4 is 49.3 Å². The number of rotatable bonds is 10. The van der Waals surface area contributed by atoms with Gasteiger partial charge < -0.3 is 9.80 Å². The predicted octanol–water partition coefficient (Wildman–Crippen LogP) is 14.9. The van der Waals surface area contributed by atoms with Crippen molar-refractivity contribution in [2.24, 2.45) is 0 Å². The van der Waals surface area contributed by atoms with Crippen LogP contribution in [0, 0.1) is 0 Å². The third-order valence-electron chi connectivity index (χ3n) is 14.1. The Labute approximate surface area is 325 Å². The largest absolute Gasteiger partial charge is 0.366 e. The van der Waals surface area contributed by atoms with Crippen molar-refractivity contribution in [3.8, 4) is 11.1 Å². The van der Waals surface area contributed by atoms with Gasteiger partial charge in [0.2, 0.25) is 0 Å². The van der Waals surface area contributed by atoms with Gasteiger partial charge in [-0.3, -0.25) is 0 Å². The van der Waals surface area contributed by atoms with Crippen LogP contribution >= 0.6 is 0 Å². The third-order valence-corrected chi connectivity index (χ3v) is 14.1. The smallest absolute Gasteiger partial charge is 0.0383 e. The summed E-state index contributed by atoms with van der Waals surface area (Å²) < 4.78 is 0. The maximum absolute atomic E-state index is 4.37. The van der Waals surface area contributed by atoms with Crippen LogP contribution in [-0.2, 0) is 0 Å². The van der Waals surface area contributed by atoms with Crippen molar-refractivity contribution in [3.05, 3.63) is 104 Å². The summed E-state index contributed by atoms with van der Waals surface area (Å²) in [5.41, 5.74) is 8.03. The van der Waals surface area contributed by atoms with Gasteiger partial charge in [-0.15, -0.1) is 0 Å². The Kier molecular flexibility index (Phi) is 10.5. The van der Waals surface area contributed by atoms with E-state index in [1.807, 2.05) is 6.08 Å². The molecule has 0 unspecified atom stereocenters. The highest BCUT2D eigenvalue weighted by atomic mass is 15.2. The van der Waals surface area contributed by atoms with Gasteiger partial charge in [0.1, 0.15) is 0 Å². The molecule has 4 aliphatic carbocycles. The molecule has 0 aliphatic heterocycles. The molecule has 9 rings (SSSR count). The summed E-state index contributed by atoms with van der Waals surface area (Å²) in [7, 11) is 0. The Morgan fingerprint density at radius 2 is 0.944 bits per heavy atom. The Morgan fingerprint density at radius 3 is 1.41 bits per heavy atom. The fourth-order valence-corrected chi connectivity index (χ4v) is 11.6. The number of hydrogen-bond acceptors (Lipinski definition) is 2. The lowest BCUT2D eigenvalue weighted by Crippen LogP contribution is -2.45. The molecule has 4 fully saturated rings. The van der Waals surface area contributed by atoms with Gasteiger partial charge in [0.15, 0.2) is 0 Å². The number of nitrogens with zero attached hydrogens (tertiary/aromatic N) is 2. The molecule has 5 aromatic carbocycles. The molecule has 0 radical (unpaired) electrons. The molecule has 4 saturated carbocycles. The molecule has 4 aliphatic rings. The maximum Gasteiger partial charge on any atom is 0.0383 e. The molecular weight excluding hydrogens is 653 g/mol. The van der Waals surface area contributed by atoms with Gasteiger partial charge in [0.05, 0.1) is 0 Å². The first kappa shape index (κ1) is 35.6. The minimum absolute atomic E-state index is 0.628. The van der Waals surface area contributed by atoms with E-state index >= 15 is 0 Å². The number of hydrogen-bond donors (Lipinski definition) is 0. The van der Waals surface area contributed by atoms with E-state index in [4.69, 9.17) is 0 Å². The van der Waals surface area contributed by atoms with E-state index in [-0.39, 0.29) is 0 Å². The summed E-state index contributed by atoms with van der Waals surface area (Å²) in [5.74, 6) is 0. The number of allylic oxidation sites excluding steroid dienone is 4. The highest BCUT2D eigenvalue weighted by Crippen LogP contribution is 2.48. The molecule has 2 nitrogen and oxygen atoms in total. The summed E-state index contributed by atoms with van der Waals surface area (Å²) in [6, 6.07) is 29.4. The van der Waals surface area contributed by atoms with Crippen LogP contribution in [0.2, 0.25) is 0 Å². The highest BCUT2D eigenvalue weighted by Gasteiger charge is 2.32. The molecule has 0 spiro atoms. The Hall–Kier alpha value is -4.04. The monoisotopic (exact) mass is 714 g/mol. The van der Waals surface area contributed by atoms with Gasteiger partial charge >= 0.3 is 0 Å². The molecule has 0 aromatic heterocycles. The molecule has 0 bridgehead atoms. The van der Waals surface area contributed by atoms with Crippen molar-refractivity contribution in [1.29, 1.82) is 0 Å². The van der Waals surface area contributed by atoms with E-state index in [0.717, 1.165) is 5.57 Å². The number of benzene rings is 5. The Balaban J connectivity index is 1.34. The fraction of sp³-hybridized carbons (Fsp3) is 0.462. The molecule has 2 heteroatoms. The van der Waals surface area contributed by atoms with E-state index in [1.54, 1.807) is 0 Å². The second kappa shape index (κ2) is 16.0. The van der Waals surface area contributed by atoms with Crippen LogP contribution in [0.1, 0.15) is 134 Å². The second-order valence-electron chi connectivity index (χ2n) is 17.4. The average molecular weight is 715 g/mol. The van der Waals surface area contributed by atoms with Crippen molar-refractivity contribution in [3.63, 3.8) is 0 Å². The van der Waals surface area contributed by atoms with Crippen LogP contribution in [0.3, 0.4) is 0 Å². The van der Waals surface area contributed by atoms with Crippen LogP contribution in [-0.4, -0.2) is 24.2 Å². The van der Waals surface area contributed by atoms with E-state index in [2.05, 4.69) is 102 Å². The van der Waals surface area contributed by atoms with Crippen LogP contribution in [0.4, 0.5) is 11.4 Å². The van der Waals surface area contributed by atoms with E-state index in [9.17, 15) is 0 Å². The van der Waals surface area contributed by atoms with Gasteiger partial charge in [-0.05, 0) is 142 Å². The Morgan fingerprint density at radius 1 is 0.500 bits per heavy atom. The zero-order chi connectivity index (χ0) is 36.4. The lowest BCUT2D eigenvalue weighted by Gasteiger charge is -2.44. The van der Waals surface area contributed by atoms with Crippen molar-refractivity contribution in [2.75, 3.05) is 9.80 Å². The average Bonchev–Trinajstić information content (AvgIpc) is 3.23. The first-order chi connectivity index (χ1) is 26.7. The summed E-state index contributed by atoms with van der Waals surface area (Å²) >= 11 is 0. The quantitative estimate of drug-likeness (QED) is 0.105. The molecule has 0 saturated heterocycles. The van der Waals surface area contributed by atoms with Crippen LogP contribution in [0.5, 0.6) is 0 Å². The normalized spacial score (nSPS) is 20.2. The van der Waals surface area contributed by atoms with Crippen LogP contribution in [0.15, 0.2) is 98.1 Å². The first-order valence-electron chi connectivity index (χ1n) is 22.1. The molecule has 0 heterocycles. The SMILES string of the molecule is C=C/C=C(\C=C)c1cc2cc(N(C3CCCCC3)C3CCCCC3)cc3c(-c4ccccc4)cc4cc(N(C5CCCCC5)C5CCCCC5)cc1c4c23. The van der Waals surface area contributed by atoms with Gasteiger partial charge in [-0.1, -0.05) is 139 Å². The van der Waals surface area contributed by atoms with E-state index in [0.29, 0.717) is 24.2 Å².